The molecule has 2 nitrogen and oxygen atoms in total. The third-order valence-electron chi connectivity index (χ3n) is 13.3. The number of benzene rings is 10. The van der Waals surface area contributed by atoms with E-state index in [1.54, 1.807) is 0 Å². The number of hydrogen-bond donors (Lipinski definition) is 0. The summed E-state index contributed by atoms with van der Waals surface area (Å²) in [5.41, 5.74) is 19.8. The molecule has 0 saturated heterocycles. The lowest BCUT2D eigenvalue weighted by Gasteiger charge is -2.31. The second kappa shape index (κ2) is 13.0. The van der Waals surface area contributed by atoms with Crippen molar-refractivity contribution < 1.29 is 4.42 Å². The Kier molecular flexibility index (Phi) is 7.26. The van der Waals surface area contributed by atoms with E-state index >= 15 is 0 Å². The zero-order valence-electron chi connectivity index (χ0n) is 33.2. The molecule has 2 aliphatic rings. The Morgan fingerprint density at radius 3 is 1.59 bits per heavy atom. The van der Waals surface area contributed by atoms with E-state index < -0.39 is 5.41 Å². The number of furan rings is 1. The first-order valence-electron chi connectivity index (χ1n) is 21.1. The van der Waals surface area contributed by atoms with E-state index in [0.29, 0.717) is 0 Å². The van der Waals surface area contributed by atoms with Crippen LogP contribution in [0.4, 0.5) is 17.1 Å². The maximum atomic E-state index is 6.82. The zero-order valence-corrected chi connectivity index (χ0v) is 33.2. The van der Waals surface area contributed by atoms with E-state index in [4.69, 9.17) is 4.42 Å². The van der Waals surface area contributed by atoms with Gasteiger partial charge >= 0.3 is 0 Å². The number of anilines is 3. The first-order chi connectivity index (χ1) is 30.3. The molecule has 1 heterocycles. The van der Waals surface area contributed by atoms with Crippen LogP contribution in [0.1, 0.15) is 22.3 Å². The average Bonchev–Trinajstić information content (AvgIpc) is 3.97. The van der Waals surface area contributed by atoms with Crippen LogP contribution in [0.3, 0.4) is 0 Å². The van der Waals surface area contributed by atoms with E-state index in [1.165, 1.54) is 77.5 Å². The SMILES string of the molecule is c1ccc(-c2ccc(N(c3ccc4c(c3)oc3ccc5c(-c6ccccc6)cccc5c34)c3cccc4c3-c3ccccc3C43c4ccccc4-c4ccccc43)cc2)cc1. The molecule has 2 aliphatic carbocycles. The molecule has 0 fully saturated rings. The van der Waals surface area contributed by atoms with Crippen LogP contribution in [0.25, 0.3) is 77.2 Å². The van der Waals surface area contributed by atoms with Gasteiger partial charge in [-0.05, 0) is 108 Å². The highest BCUT2D eigenvalue weighted by Gasteiger charge is 2.52. The molecule has 0 aliphatic heterocycles. The largest absolute Gasteiger partial charge is 0.456 e. The second-order valence-electron chi connectivity index (χ2n) is 16.3. The lowest BCUT2D eigenvalue weighted by molar-refractivity contribution is 0.669. The lowest BCUT2D eigenvalue weighted by atomic mass is 9.70. The van der Waals surface area contributed by atoms with Gasteiger partial charge in [0.25, 0.3) is 0 Å². The summed E-state index contributed by atoms with van der Waals surface area (Å²) >= 11 is 0. The zero-order chi connectivity index (χ0) is 40.1. The number of hydrogen-bond acceptors (Lipinski definition) is 2. The van der Waals surface area contributed by atoms with E-state index in [2.05, 4.69) is 229 Å². The molecular formula is C59H37NO. The van der Waals surface area contributed by atoms with Crippen LogP contribution in [0.15, 0.2) is 229 Å². The molecule has 10 aromatic carbocycles. The quantitative estimate of drug-likeness (QED) is 0.173. The average molecular weight is 776 g/mol. The molecule has 284 valence electrons. The van der Waals surface area contributed by atoms with Crippen molar-refractivity contribution in [2.75, 3.05) is 4.90 Å². The van der Waals surface area contributed by atoms with Gasteiger partial charge < -0.3 is 9.32 Å². The minimum atomic E-state index is -0.444. The summed E-state index contributed by atoms with van der Waals surface area (Å²) < 4.78 is 6.82. The van der Waals surface area contributed by atoms with Crippen molar-refractivity contribution in [1.82, 2.24) is 0 Å². The number of fused-ring (bicyclic) bond motifs is 15. The summed E-state index contributed by atoms with van der Waals surface area (Å²) in [4.78, 5) is 2.44. The molecule has 1 spiro atoms. The van der Waals surface area contributed by atoms with Crippen LogP contribution < -0.4 is 4.90 Å². The van der Waals surface area contributed by atoms with Gasteiger partial charge in [0.2, 0.25) is 0 Å². The maximum absolute atomic E-state index is 6.82. The Balaban J connectivity index is 1.05. The van der Waals surface area contributed by atoms with E-state index in [-0.39, 0.29) is 0 Å². The molecule has 0 saturated carbocycles. The third kappa shape index (κ3) is 4.79. The van der Waals surface area contributed by atoms with Gasteiger partial charge in [0.15, 0.2) is 0 Å². The topological polar surface area (TPSA) is 16.4 Å². The summed E-state index contributed by atoms with van der Waals surface area (Å²) in [6.45, 7) is 0. The molecule has 61 heavy (non-hydrogen) atoms. The molecule has 0 radical (unpaired) electrons. The van der Waals surface area contributed by atoms with Crippen molar-refractivity contribution in [3.05, 3.63) is 247 Å². The van der Waals surface area contributed by atoms with E-state index in [9.17, 15) is 0 Å². The van der Waals surface area contributed by atoms with Crippen molar-refractivity contribution in [2.24, 2.45) is 0 Å². The maximum Gasteiger partial charge on any atom is 0.137 e. The van der Waals surface area contributed by atoms with Gasteiger partial charge in [0, 0.05) is 33.8 Å². The molecule has 2 heteroatoms. The van der Waals surface area contributed by atoms with Gasteiger partial charge in [0.05, 0.1) is 11.1 Å². The second-order valence-corrected chi connectivity index (χ2v) is 16.3. The predicted molar refractivity (Wildman–Crippen MR) is 253 cm³/mol. The van der Waals surface area contributed by atoms with Crippen LogP contribution in [0, 0.1) is 0 Å². The summed E-state index contributed by atoms with van der Waals surface area (Å²) in [6, 6.07) is 82.1. The minimum Gasteiger partial charge on any atom is -0.456 e. The summed E-state index contributed by atoms with van der Waals surface area (Å²) in [7, 11) is 0. The molecule has 13 rings (SSSR count). The Hall–Kier alpha value is -7.94. The molecule has 0 bridgehead atoms. The Morgan fingerprint density at radius 1 is 0.328 bits per heavy atom. The van der Waals surface area contributed by atoms with Gasteiger partial charge in [-0.2, -0.15) is 0 Å². The first-order valence-corrected chi connectivity index (χ1v) is 21.1. The van der Waals surface area contributed by atoms with Crippen LogP contribution >= 0.6 is 0 Å². The Labute approximate surface area is 354 Å². The summed E-state index contributed by atoms with van der Waals surface area (Å²) in [6.07, 6.45) is 0. The van der Waals surface area contributed by atoms with Crippen LogP contribution in [-0.4, -0.2) is 0 Å². The number of nitrogens with zero attached hydrogens (tertiary/aromatic N) is 1. The van der Waals surface area contributed by atoms with Gasteiger partial charge in [0.1, 0.15) is 11.2 Å². The molecule has 11 aromatic rings. The van der Waals surface area contributed by atoms with Crippen molar-refractivity contribution in [2.45, 2.75) is 5.41 Å². The molecule has 0 unspecified atom stereocenters. The normalized spacial score (nSPS) is 13.0. The van der Waals surface area contributed by atoms with Gasteiger partial charge in [-0.3, -0.25) is 0 Å². The van der Waals surface area contributed by atoms with Crippen LogP contribution in [0.5, 0.6) is 0 Å². The molecule has 0 amide bonds. The van der Waals surface area contributed by atoms with Crippen LogP contribution in [-0.2, 0) is 5.41 Å². The van der Waals surface area contributed by atoms with Gasteiger partial charge in [-0.15, -0.1) is 0 Å². The lowest BCUT2D eigenvalue weighted by Crippen LogP contribution is -2.26. The van der Waals surface area contributed by atoms with Crippen molar-refractivity contribution in [1.29, 1.82) is 0 Å². The fourth-order valence-electron chi connectivity index (χ4n) is 10.8. The molecule has 0 N–H and O–H groups in total. The Morgan fingerprint density at radius 2 is 0.869 bits per heavy atom. The van der Waals surface area contributed by atoms with Crippen molar-refractivity contribution >= 4 is 49.8 Å². The Bertz CT molecular complexity index is 3480. The summed E-state index contributed by atoms with van der Waals surface area (Å²) in [5, 5.41) is 4.66. The third-order valence-corrected chi connectivity index (χ3v) is 13.3. The minimum absolute atomic E-state index is 0.444. The highest BCUT2D eigenvalue weighted by Crippen LogP contribution is 2.64. The molecular weight excluding hydrogens is 739 g/mol. The van der Waals surface area contributed by atoms with Crippen molar-refractivity contribution in [3.8, 4) is 44.5 Å². The van der Waals surface area contributed by atoms with E-state index in [1.807, 2.05) is 0 Å². The van der Waals surface area contributed by atoms with Gasteiger partial charge in [-0.1, -0.05) is 182 Å². The smallest absolute Gasteiger partial charge is 0.137 e. The van der Waals surface area contributed by atoms with Gasteiger partial charge in [-0.25, -0.2) is 0 Å². The summed E-state index contributed by atoms with van der Waals surface area (Å²) in [5.74, 6) is 0. The number of rotatable bonds is 5. The van der Waals surface area contributed by atoms with Crippen molar-refractivity contribution in [3.63, 3.8) is 0 Å². The fourth-order valence-corrected chi connectivity index (χ4v) is 10.8. The highest BCUT2D eigenvalue weighted by atomic mass is 16.3. The highest BCUT2D eigenvalue weighted by molar-refractivity contribution is 6.21. The van der Waals surface area contributed by atoms with Crippen LogP contribution in [0.2, 0.25) is 0 Å². The fraction of sp³-hybridized carbons (Fsp3) is 0.0169. The standard InChI is InChI=1S/C59H37NO/c1-3-15-38(16-4-1)39-29-31-41(32-30-39)60(42-33-34-49-56(37-42)61-55-36-35-44-43(40-17-5-2-6-18-40)22-13-23-47(44)57(49)55)54-28-14-27-53-58(54)48-21-9-12-26-52(48)59(53)50-24-10-7-19-45(50)46-20-8-11-25-51(46)59/h1-37H. The van der Waals surface area contributed by atoms with E-state index in [0.717, 1.165) is 39.0 Å². The monoisotopic (exact) mass is 775 g/mol. The molecule has 0 atom stereocenters. The predicted octanol–water partition coefficient (Wildman–Crippen LogP) is 15.9. The molecule has 1 aromatic heterocycles. The first kappa shape index (κ1) is 34.0.